The maximum atomic E-state index is 6.10. The van der Waals surface area contributed by atoms with E-state index < -0.39 is 0 Å². The number of hydrogen-bond acceptors (Lipinski definition) is 7. The van der Waals surface area contributed by atoms with Crippen molar-refractivity contribution < 1.29 is 9.57 Å². The number of benzene rings is 2. The molecule has 0 saturated heterocycles. The van der Waals surface area contributed by atoms with Gasteiger partial charge in [-0.15, -0.1) is 0 Å². The lowest BCUT2D eigenvalue weighted by molar-refractivity contribution is 0.271. The minimum atomic E-state index is 0.293. The molecular formula is C18H17ClN4O2S. The zero-order chi connectivity index (χ0) is 18.4. The number of aryl methyl sites for hydroxylation is 1. The highest BCUT2D eigenvalue weighted by atomic mass is 35.5. The Morgan fingerprint density at radius 3 is 2.69 bits per heavy atom. The number of hydrogen-bond donors (Lipinski definition) is 2. The highest BCUT2D eigenvalue weighted by molar-refractivity contribution is 8.00. The lowest BCUT2D eigenvalue weighted by Gasteiger charge is -2.10. The first-order chi connectivity index (χ1) is 12.6. The van der Waals surface area contributed by atoms with Crippen LogP contribution in [0.4, 0.5) is 11.6 Å². The van der Waals surface area contributed by atoms with Crippen LogP contribution >= 0.6 is 23.5 Å². The van der Waals surface area contributed by atoms with E-state index in [0.717, 1.165) is 21.9 Å². The number of aromatic nitrogens is 2. The summed E-state index contributed by atoms with van der Waals surface area (Å²) < 4.78 is 8.90. The fraction of sp³-hybridized carbons (Fsp3) is 0.111. The van der Waals surface area contributed by atoms with Gasteiger partial charge in [0.1, 0.15) is 10.9 Å². The van der Waals surface area contributed by atoms with Crippen LogP contribution in [-0.4, -0.2) is 17.1 Å². The van der Waals surface area contributed by atoms with Crippen LogP contribution in [0.15, 0.2) is 59.5 Å². The van der Waals surface area contributed by atoms with Crippen molar-refractivity contribution >= 4 is 35.2 Å². The van der Waals surface area contributed by atoms with Crippen molar-refractivity contribution in [1.29, 1.82) is 0 Å². The SMILES string of the molecule is CONc1cccc(SNc2nc(Cl)cc(Oc3ccccc3C)n2)c1. The Bertz CT molecular complexity index is 895. The topological polar surface area (TPSA) is 68.3 Å². The van der Waals surface area contributed by atoms with Gasteiger partial charge in [0.25, 0.3) is 0 Å². The van der Waals surface area contributed by atoms with E-state index >= 15 is 0 Å². The Kier molecular flexibility index (Phi) is 6.17. The van der Waals surface area contributed by atoms with Crippen LogP contribution in [0.5, 0.6) is 11.6 Å². The maximum absolute atomic E-state index is 6.10. The van der Waals surface area contributed by atoms with E-state index in [9.17, 15) is 0 Å². The van der Waals surface area contributed by atoms with Crippen molar-refractivity contribution in [3.63, 3.8) is 0 Å². The van der Waals surface area contributed by atoms with Crippen molar-refractivity contribution in [3.8, 4) is 11.6 Å². The Morgan fingerprint density at radius 1 is 1.04 bits per heavy atom. The number of para-hydroxylation sites is 1. The van der Waals surface area contributed by atoms with Crippen LogP contribution in [0.25, 0.3) is 0 Å². The highest BCUT2D eigenvalue weighted by Gasteiger charge is 2.08. The van der Waals surface area contributed by atoms with E-state index in [1.165, 1.54) is 11.9 Å². The molecule has 3 aromatic rings. The zero-order valence-electron chi connectivity index (χ0n) is 14.2. The second-order valence-electron chi connectivity index (χ2n) is 5.26. The number of nitrogens with one attached hydrogen (secondary N) is 2. The molecule has 0 aliphatic rings. The molecular weight excluding hydrogens is 372 g/mol. The zero-order valence-corrected chi connectivity index (χ0v) is 15.8. The third-order valence-corrected chi connectivity index (χ3v) is 4.26. The Hall–Kier alpha value is -2.48. The lowest BCUT2D eigenvalue weighted by Crippen LogP contribution is -1.98. The van der Waals surface area contributed by atoms with Gasteiger partial charge >= 0.3 is 0 Å². The normalized spacial score (nSPS) is 10.4. The van der Waals surface area contributed by atoms with Crippen LogP contribution < -0.4 is 14.9 Å². The second kappa shape index (κ2) is 8.75. The predicted octanol–water partition coefficient (Wildman–Crippen LogP) is 5.32. The number of rotatable bonds is 7. The Morgan fingerprint density at radius 2 is 1.88 bits per heavy atom. The molecule has 2 N–H and O–H groups in total. The fourth-order valence-electron chi connectivity index (χ4n) is 2.12. The summed E-state index contributed by atoms with van der Waals surface area (Å²) in [5.74, 6) is 1.45. The Balaban J connectivity index is 1.71. The first-order valence-corrected chi connectivity index (χ1v) is 8.93. The number of nitrogens with zero attached hydrogens (tertiary/aromatic N) is 2. The molecule has 0 aliphatic heterocycles. The van der Waals surface area contributed by atoms with Gasteiger partial charge in [-0.2, -0.15) is 4.98 Å². The average Bonchev–Trinajstić information content (AvgIpc) is 2.62. The van der Waals surface area contributed by atoms with E-state index in [-0.39, 0.29) is 0 Å². The average molecular weight is 389 g/mol. The summed E-state index contributed by atoms with van der Waals surface area (Å²) in [6, 6.07) is 17.0. The van der Waals surface area contributed by atoms with Gasteiger partial charge in [-0.25, -0.2) is 4.98 Å². The molecule has 0 bridgehead atoms. The molecule has 0 aliphatic carbocycles. The molecule has 0 spiro atoms. The van der Waals surface area contributed by atoms with Crippen molar-refractivity contribution in [2.75, 3.05) is 17.3 Å². The van der Waals surface area contributed by atoms with Gasteiger partial charge in [-0.3, -0.25) is 15.0 Å². The molecule has 0 unspecified atom stereocenters. The van der Waals surface area contributed by atoms with E-state index in [2.05, 4.69) is 20.2 Å². The fourth-order valence-corrected chi connectivity index (χ4v) is 2.93. The third kappa shape index (κ3) is 5.01. The minimum Gasteiger partial charge on any atom is -0.439 e. The first kappa shape index (κ1) is 18.3. The summed E-state index contributed by atoms with van der Waals surface area (Å²) in [4.78, 5) is 14.4. The van der Waals surface area contributed by atoms with Gasteiger partial charge in [-0.05, 0) is 48.7 Å². The van der Waals surface area contributed by atoms with Gasteiger partial charge in [0.05, 0.1) is 12.8 Å². The highest BCUT2D eigenvalue weighted by Crippen LogP contribution is 2.27. The van der Waals surface area contributed by atoms with Crippen LogP contribution in [0.1, 0.15) is 5.56 Å². The summed E-state index contributed by atoms with van der Waals surface area (Å²) in [6.07, 6.45) is 0. The van der Waals surface area contributed by atoms with Crippen molar-refractivity contribution in [2.45, 2.75) is 11.8 Å². The molecule has 134 valence electrons. The molecule has 26 heavy (non-hydrogen) atoms. The quantitative estimate of drug-likeness (QED) is 0.322. The molecule has 8 heteroatoms. The van der Waals surface area contributed by atoms with Crippen LogP contribution in [0.2, 0.25) is 5.15 Å². The standard InChI is InChI=1S/C18H17ClN4O2S/c1-12-6-3-4-9-15(12)25-17-11-16(19)20-18(21-17)23-26-14-8-5-7-13(10-14)22-24-2/h3-11,22H,1-2H3,(H,20,21,23). The molecule has 2 aromatic carbocycles. The molecule has 1 aromatic heterocycles. The minimum absolute atomic E-state index is 0.293. The molecule has 0 saturated carbocycles. The third-order valence-electron chi connectivity index (χ3n) is 3.29. The summed E-state index contributed by atoms with van der Waals surface area (Å²) >= 11 is 7.45. The first-order valence-electron chi connectivity index (χ1n) is 7.74. The van der Waals surface area contributed by atoms with Crippen LogP contribution in [0, 0.1) is 6.92 Å². The molecule has 0 fully saturated rings. The lowest BCUT2D eigenvalue weighted by atomic mass is 10.2. The molecule has 0 amide bonds. The number of ether oxygens (including phenoxy) is 1. The summed E-state index contributed by atoms with van der Waals surface area (Å²) in [6.45, 7) is 1.97. The smallest absolute Gasteiger partial charge is 0.237 e. The van der Waals surface area contributed by atoms with Gasteiger partial charge in [0.2, 0.25) is 11.8 Å². The number of anilines is 2. The van der Waals surface area contributed by atoms with Crippen LogP contribution in [0.3, 0.4) is 0 Å². The molecule has 6 nitrogen and oxygen atoms in total. The molecule has 0 radical (unpaired) electrons. The molecule has 1 heterocycles. The van der Waals surface area contributed by atoms with Crippen molar-refractivity contribution in [2.24, 2.45) is 0 Å². The van der Waals surface area contributed by atoms with E-state index in [1.807, 2.05) is 55.5 Å². The summed E-state index contributed by atoms with van der Waals surface area (Å²) in [5.41, 5.74) is 4.63. The monoisotopic (exact) mass is 388 g/mol. The van der Waals surface area contributed by atoms with Gasteiger partial charge in [0.15, 0.2) is 0 Å². The van der Waals surface area contributed by atoms with E-state index in [1.54, 1.807) is 13.2 Å². The maximum Gasteiger partial charge on any atom is 0.237 e. The largest absolute Gasteiger partial charge is 0.439 e. The van der Waals surface area contributed by atoms with Crippen molar-refractivity contribution in [1.82, 2.24) is 9.97 Å². The number of halogens is 1. The summed E-state index contributed by atoms with van der Waals surface area (Å²) in [5, 5.41) is 0.293. The van der Waals surface area contributed by atoms with Gasteiger partial charge in [0, 0.05) is 11.0 Å². The van der Waals surface area contributed by atoms with E-state index in [0.29, 0.717) is 17.0 Å². The molecule has 3 rings (SSSR count). The van der Waals surface area contributed by atoms with E-state index in [4.69, 9.17) is 21.2 Å². The van der Waals surface area contributed by atoms with Crippen LogP contribution in [-0.2, 0) is 4.84 Å². The Labute approximate surface area is 161 Å². The van der Waals surface area contributed by atoms with Crippen molar-refractivity contribution in [3.05, 3.63) is 65.3 Å². The second-order valence-corrected chi connectivity index (χ2v) is 6.53. The molecule has 0 atom stereocenters. The van der Waals surface area contributed by atoms with Gasteiger partial charge < -0.3 is 4.74 Å². The summed E-state index contributed by atoms with van der Waals surface area (Å²) in [7, 11) is 1.56. The predicted molar refractivity (Wildman–Crippen MR) is 105 cm³/mol. The van der Waals surface area contributed by atoms with Gasteiger partial charge in [-0.1, -0.05) is 35.9 Å².